The molecule has 0 saturated carbocycles. The van der Waals surface area contributed by atoms with Crippen LogP contribution in [0.4, 0.5) is 5.82 Å². The monoisotopic (exact) mass is 481 g/mol. The number of aromatic nitrogens is 1. The van der Waals surface area contributed by atoms with Gasteiger partial charge >= 0.3 is 0 Å². The first-order chi connectivity index (χ1) is 16.3. The van der Waals surface area contributed by atoms with Gasteiger partial charge in [-0.3, -0.25) is 9.69 Å². The van der Waals surface area contributed by atoms with E-state index >= 15 is 0 Å². The fourth-order valence-electron chi connectivity index (χ4n) is 4.13. The number of benzene rings is 1. The van der Waals surface area contributed by atoms with Crippen LogP contribution in [0.15, 0.2) is 58.0 Å². The molecule has 0 aliphatic carbocycles. The molecule has 3 aromatic rings. The summed E-state index contributed by atoms with van der Waals surface area (Å²) in [5.74, 6) is 0.909. The molecule has 2 aromatic heterocycles. The van der Waals surface area contributed by atoms with Crippen LogP contribution in [-0.2, 0) is 21.4 Å². The molecule has 1 aliphatic rings. The van der Waals surface area contributed by atoms with Crippen molar-refractivity contribution in [3.05, 3.63) is 71.3 Å². The number of nitrogens with one attached hydrogen (secondary N) is 1. The van der Waals surface area contributed by atoms with E-state index in [1.165, 1.54) is 4.31 Å². The van der Waals surface area contributed by atoms with Crippen LogP contribution in [0.5, 0.6) is 0 Å². The van der Waals surface area contributed by atoms with Crippen molar-refractivity contribution in [2.24, 2.45) is 0 Å². The fourth-order valence-corrected chi connectivity index (χ4v) is 5.57. The molecule has 1 aromatic carbocycles. The molecular formula is C24H27N5O4S. The lowest BCUT2D eigenvalue weighted by Gasteiger charge is -2.33. The number of hydrogen-bond acceptors (Lipinski definition) is 6. The van der Waals surface area contributed by atoms with E-state index in [2.05, 4.69) is 11.4 Å². The maximum atomic E-state index is 12.9. The smallest absolute Gasteiger partial charge is 0.243 e. The second kappa shape index (κ2) is 9.85. The van der Waals surface area contributed by atoms with E-state index in [9.17, 15) is 18.5 Å². The summed E-state index contributed by atoms with van der Waals surface area (Å²) in [5, 5.41) is 12.6. The van der Waals surface area contributed by atoms with Crippen LogP contribution in [0.2, 0.25) is 0 Å². The molecule has 4 rings (SSSR count). The van der Waals surface area contributed by atoms with Crippen LogP contribution in [0, 0.1) is 25.2 Å². The van der Waals surface area contributed by atoms with E-state index in [0.717, 1.165) is 11.3 Å². The minimum Gasteiger partial charge on any atom is -0.467 e. The first-order valence-corrected chi connectivity index (χ1v) is 12.4. The number of piperazine rings is 1. The minimum atomic E-state index is -3.55. The van der Waals surface area contributed by atoms with Crippen molar-refractivity contribution >= 4 is 21.7 Å². The molecule has 178 valence electrons. The predicted octanol–water partition coefficient (Wildman–Crippen LogP) is 2.56. The number of nitrogens with zero attached hydrogens (tertiary/aromatic N) is 4. The van der Waals surface area contributed by atoms with Crippen molar-refractivity contribution in [1.29, 1.82) is 5.26 Å². The summed E-state index contributed by atoms with van der Waals surface area (Å²) in [6.07, 6.45) is 1.59. The van der Waals surface area contributed by atoms with Gasteiger partial charge in [-0.05, 0) is 43.7 Å². The Bertz CT molecular complexity index is 1300. The van der Waals surface area contributed by atoms with Crippen molar-refractivity contribution < 1.29 is 17.6 Å². The Kier molecular flexibility index (Phi) is 6.88. The molecule has 1 saturated heterocycles. The van der Waals surface area contributed by atoms with E-state index < -0.39 is 10.0 Å². The van der Waals surface area contributed by atoms with E-state index in [1.807, 2.05) is 29.4 Å². The highest BCUT2D eigenvalue weighted by Gasteiger charge is 2.29. The van der Waals surface area contributed by atoms with Crippen molar-refractivity contribution in [2.45, 2.75) is 25.3 Å². The Morgan fingerprint density at radius 2 is 1.79 bits per heavy atom. The number of furan rings is 1. The minimum absolute atomic E-state index is 0.105. The third-order valence-corrected chi connectivity index (χ3v) is 8.09. The number of hydrogen-bond donors (Lipinski definition) is 1. The van der Waals surface area contributed by atoms with E-state index in [4.69, 9.17) is 4.42 Å². The average molecular weight is 482 g/mol. The third-order valence-electron chi connectivity index (χ3n) is 6.17. The molecule has 0 bridgehead atoms. The van der Waals surface area contributed by atoms with E-state index in [1.54, 1.807) is 42.7 Å². The molecule has 0 atom stereocenters. The molecule has 0 unspecified atom stereocenters. The van der Waals surface area contributed by atoms with Gasteiger partial charge in [0, 0.05) is 31.9 Å². The summed E-state index contributed by atoms with van der Waals surface area (Å²) in [4.78, 5) is 15.1. The molecule has 1 amide bonds. The molecule has 3 heterocycles. The highest BCUT2D eigenvalue weighted by molar-refractivity contribution is 7.89. The zero-order chi connectivity index (χ0) is 24.3. The molecule has 1 N–H and O–H groups in total. The Labute approximate surface area is 199 Å². The summed E-state index contributed by atoms with van der Waals surface area (Å²) in [6, 6.07) is 14.2. The Morgan fingerprint density at radius 1 is 1.09 bits per heavy atom. The number of anilines is 1. The number of amides is 1. The largest absolute Gasteiger partial charge is 0.467 e. The third kappa shape index (κ3) is 4.77. The maximum absolute atomic E-state index is 12.9. The van der Waals surface area contributed by atoms with Crippen molar-refractivity contribution in [2.75, 3.05) is 38.0 Å². The summed E-state index contributed by atoms with van der Waals surface area (Å²) in [7, 11) is -3.55. The van der Waals surface area contributed by atoms with Gasteiger partial charge in [0.1, 0.15) is 17.6 Å². The Hall–Kier alpha value is -3.39. The normalized spacial score (nSPS) is 15.2. The van der Waals surface area contributed by atoms with Gasteiger partial charge in [0.2, 0.25) is 15.9 Å². The zero-order valence-corrected chi connectivity index (χ0v) is 20.0. The van der Waals surface area contributed by atoms with Gasteiger partial charge in [-0.2, -0.15) is 9.57 Å². The van der Waals surface area contributed by atoms with Crippen LogP contribution in [0.25, 0.3) is 0 Å². The first-order valence-electron chi connectivity index (χ1n) is 11.0. The lowest BCUT2D eigenvalue weighted by atomic mass is 10.2. The molecule has 1 fully saturated rings. The standard InChI is InChI=1S/C24H27N5O4S/c1-18-19(2)29(16-20-7-6-14-33-20)24(22(18)15-25)26-23(30)17-27-10-12-28(13-11-27)34(31,32)21-8-4-3-5-9-21/h3-9,14H,10-13,16-17H2,1-2H3,(H,26,30). The van der Waals surface area contributed by atoms with Gasteiger partial charge in [0.15, 0.2) is 0 Å². The second-order valence-electron chi connectivity index (χ2n) is 8.25. The summed E-state index contributed by atoms with van der Waals surface area (Å²) in [5.41, 5.74) is 2.11. The van der Waals surface area contributed by atoms with Crippen LogP contribution < -0.4 is 5.32 Å². The number of carbonyl (C=O) groups excluding carboxylic acids is 1. The summed E-state index contributed by atoms with van der Waals surface area (Å²) in [6.45, 7) is 5.75. The highest BCUT2D eigenvalue weighted by atomic mass is 32.2. The number of rotatable bonds is 7. The van der Waals surface area contributed by atoms with Crippen LogP contribution in [-0.4, -0.2) is 60.8 Å². The molecule has 1 aliphatic heterocycles. The van der Waals surface area contributed by atoms with Gasteiger partial charge in [0.05, 0.1) is 29.8 Å². The molecule has 10 heteroatoms. The van der Waals surface area contributed by atoms with Crippen LogP contribution in [0.3, 0.4) is 0 Å². The zero-order valence-electron chi connectivity index (χ0n) is 19.2. The second-order valence-corrected chi connectivity index (χ2v) is 10.2. The van der Waals surface area contributed by atoms with Crippen molar-refractivity contribution in [3.63, 3.8) is 0 Å². The summed E-state index contributed by atoms with van der Waals surface area (Å²) < 4.78 is 34.4. The predicted molar refractivity (Wildman–Crippen MR) is 127 cm³/mol. The highest BCUT2D eigenvalue weighted by Crippen LogP contribution is 2.27. The van der Waals surface area contributed by atoms with Crippen LogP contribution >= 0.6 is 0 Å². The van der Waals surface area contributed by atoms with Crippen molar-refractivity contribution in [1.82, 2.24) is 13.8 Å². The average Bonchev–Trinajstić information content (AvgIpc) is 3.43. The van der Waals surface area contributed by atoms with E-state index in [0.29, 0.717) is 49.9 Å². The molecule has 0 radical (unpaired) electrons. The van der Waals surface area contributed by atoms with E-state index in [-0.39, 0.29) is 17.3 Å². The SMILES string of the molecule is Cc1c(C#N)c(NC(=O)CN2CCN(S(=O)(=O)c3ccccc3)CC2)n(Cc2ccco2)c1C. The molecule has 9 nitrogen and oxygen atoms in total. The van der Waals surface area contributed by atoms with Gasteiger partial charge in [-0.25, -0.2) is 8.42 Å². The number of carbonyl (C=O) groups is 1. The molecule has 0 spiro atoms. The lowest BCUT2D eigenvalue weighted by Crippen LogP contribution is -2.50. The van der Waals surface area contributed by atoms with Gasteiger partial charge in [0.25, 0.3) is 0 Å². The summed E-state index contributed by atoms with van der Waals surface area (Å²) >= 11 is 0. The quantitative estimate of drug-likeness (QED) is 0.555. The topological polar surface area (TPSA) is 112 Å². The van der Waals surface area contributed by atoms with Crippen LogP contribution in [0.1, 0.15) is 22.6 Å². The lowest BCUT2D eigenvalue weighted by molar-refractivity contribution is -0.117. The molecule has 34 heavy (non-hydrogen) atoms. The van der Waals surface area contributed by atoms with Gasteiger partial charge < -0.3 is 14.3 Å². The fraction of sp³-hybridized carbons (Fsp3) is 0.333. The maximum Gasteiger partial charge on any atom is 0.243 e. The first kappa shape index (κ1) is 23.8. The number of sulfonamides is 1. The molecular weight excluding hydrogens is 454 g/mol. The van der Waals surface area contributed by atoms with Gasteiger partial charge in [-0.15, -0.1) is 0 Å². The van der Waals surface area contributed by atoms with Gasteiger partial charge in [-0.1, -0.05) is 18.2 Å². The number of nitriles is 1. The Morgan fingerprint density at radius 3 is 2.41 bits per heavy atom. The van der Waals surface area contributed by atoms with Crippen molar-refractivity contribution in [3.8, 4) is 6.07 Å². The Balaban J connectivity index is 1.41.